The van der Waals surface area contributed by atoms with Crippen LogP contribution in [0.2, 0.25) is 5.02 Å². The summed E-state index contributed by atoms with van der Waals surface area (Å²) in [6.45, 7) is 0. The van der Waals surface area contributed by atoms with Crippen molar-refractivity contribution in [3.05, 3.63) is 58.4 Å². The zero-order valence-corrected chi connectivity index (χ0v) is 11.1. The molecule has 2 aromatic rings. The minimum atomic E-state index is -4.52. The second-order valence-electron chi connectivity index (χ2n) is 4.12. The molecule has 0 aliphatic carbocycles. The second kappa shape index (κ2) is 5.62. The average molecular weight is 315 g/mol. The summed E-state index contributed by atoms with van der Waals surface area (Å²) in [5.74, 6) is -0.762. The number of alkyl halides is 3. The minimum Gasteiger partial charge on any atom is -0.352 e. The van der Waals surface area contributed by atoms with Crippen LogP contribution in [0.1, 0.15) is 11.1 Å². The number of nitrogens with one attached hydrogen (secondary N) is 1. The summed E-state index contributed by atoms with van der Waals surface area (Å²) in [7, 11) is 0. The largest absolute Gasteiger partial charge is 0.416 e. The van der Waals surface area contributed by atoms with Crippen molar-refractivity contribution in [3.63, 3.8) is 0 Å². The van der Waals surface area contributed by atoms with Crippen molar-refractivity contribution >= 4 is 23.0 Å². The van der Waals surface area contributed by atoms with E-state index in [1.165, 1.54) is 12.1 Å². The third kappa shape index (κ3) is 3.44. The Morgan fingerprint density at radius 1 is 1.05 bits per heavy atom. The highest BCUT2D eigenvalue weighted by Gasteiger charge is 2.31. The van der Waals surface area contributed by atoms with Crippen molar-refractivity contribution in [2.45, 2.75) is 6.18 Å². The lowest BCUT2D eigenvalue weighted by molar-refractivity contribution is -0.137. The highest BCUT2D eigenvalue weighted by atomic mass is 35.5. The first-order chi connectivity index (χ1) is 9.81. The summed E-state index contributed by atoms with van der Waals surface area (Å²) in [5.41, 5.74) is -0.943. The van der Waals surface area contributed by atoms with Gasteiger partial charge in [-0.3, -0.25) is 0 Å². The molecular weight excluding hydrogens is 308 g/mol. The van der Waals surface area contributed by atoms with E-state index in [9.17, 15) is 17.6 Å². The Labute approximate surface area is 122 Å². The van der Waals surface area contributed by atoms with Gasteiger partial charge in [-0.2, -0.15) is 18.4 Å². The van der Waals surface area contributed by atoms with Gasteiger partial charge < -0.3 is 5.32 Å². The van der Waals surface area contributed by atoms with Gasteiger partial charge in [-0.25, -0.2) is 4.39 Å². The van der Waals surface area contributed by atoms with E-state index >= 15 is 0 Å². The van der Waals surface area contributed by atoms with Crippen LogP contribution in [0.4, 0.5) is 28.9 Å². The Balaban J connectivity index is 2.38. The predicted octanol–water partition coefficient (Wildman–Crippen LogP) is 5.11. The maximum absolute atomic E-state index is 13.7. The van der Waals surface area contributed by atoms with Crippen molar-refractivity contribution < 1.29 is 17.6 Å². The van der Waals surface area contributed by atoms with Crippen LogP contribution < -0.4 is 5.32 Å². The van der Waals surface area contributed by atoms with Gasteiger partial charge in [0.25, 0.3) is 0 Å². The molecule has 0 aliphatic heterocycles. The number of nitriles is 1. The standard InChI is InChI=1S/C14H7ClF4N2/c15-10-3-2-9(14(17,18)19)6-13(10)21-12-4-1-8(7-20)5-11(12)16/h1-6,21H. The SMILES string of the molecule is N#Cc1ccc(Nc2cc(C(F)(F)F)ccc2Cl)c(F)c1. The predicted molar refractivity (Wildman–Crippen MR) is 70.9 cm³/mol. The van der Waals surface area contributed by atoms with Crippen LogP contribution in [0.25, 0.3) is 0 Å². The van der Waals surface area contributed by atoms with Gasteiger partial charge in [0.15, 0.2) is 0 Å². The van der Waals surface area contributed by atoms with Crippen molar-refractivity contribution in [2.75, 3.05) is 5.32 Å². The van der Waals surface area contributed by atoms with Crippen molar-refractivity contribution in [1.82, 2.24) is 0 Å². The minimum absolute atomic E-state index is 0.0201. The highest BCUT2D eigenvalue weighted by Crippen LogP contribution is 2.35. The normalized spacial score (nSPS) is 11.0. The molecule has 108 valence electrons. The van der Waals surface area contributed by atoms with Gasteiger partial charge in [0.2, 0.25) is 0 Å². The van der Waals surface area contributed by atoms with E-state index in [0.717, 1.165) is 24.3 Å². The molecule has 2 rings (SSSR count). The van der Waals surface area contributed by atoms with Gasteiger partial charge in [-0.05, 0) is 36.4 Å². The Kier molecular flexibility index (Phi) is 4.05. The molecule has 0 bridgehead atoms. The van der Waals surface area contributed by atoms with E-state index in [1.807, 2.05) is 0 Å². The lowest BCUT2D eigenvalue weighted by atomic mass is 10.1. The number of nitrogens with zero attached hydrogens (tertiary/aromatic N) is 1. The van der Waals surface area contributed by atoms with Gasteiger partial charge in [0.05, 0.1) is 33.6 Å². The number of rotatable bonds is 2. The first-order valence-electron chi connectivity index (χ1n) is 5.64. The molecule has 2 nitrogen and oxygen atoms in total. The Morgan fingerprint density at radius 2 is 1.76 bits per heavy atom. The van der Waals surface area contributed by atoms with E-state index < -0.39 is 17.6 Å². The van der Waals surface area contributed by atoms with Gasteiger partial charge >= 0.3 is 6.18 Å². The van der Waals surface area contributed by atoms with Crippen LogP contribution >= 0.6 is 11.6 Å². The third-order valence-corrected chi connectivity index (χ3v) is 2.99. The Hall–Kier alpha value is -2.26. The molecule has 0 fully saturated rings. The molecule has 0 amide bonds. The summed E-state index contributed by atoms with van der Waals surface area (Å²) in [6, 6.07) is 8.03. The monoisotopic (exact) mass is 314 g/mol. The van der Waals surface area contributed by atoms with E-state index in [0.29, 0.717) is 0 Å². The van der Waals surface area contributed by atoms with Gasteiger partial charge in [-0.1, -0.05) is 11.6 Å². The van der Waals surface area contributed by atoms with Crippen LogP contribution in [0, 0.1) is 17.1 Å². The molecule has 1 N–H and O–H groups in total. The lowest BCUT2D eigenvalue weighted by Gasteiger charge is -2.13. The molecular formula is C14H7ClF4N2. The first-order valence-corrected chi connectivity index (χ1v) is 6.02. The van der Waals surface area contributed by atoms with Gasteiger partial charge in [0.1, 0.15) is 5.82 Å². The molecule has 0 saturated carbocycles. The van der Waals surface area contributed by atoms with Crippen LogP contribution in [0.5, 0.6) is 0 Å². The molecule has 0 heterocycles. The summed E-state index contributed by atoms with van der Waals surface area (Å²) in [6.07, 6.45) is -4.52. The molecule has 21 heavy (non-hydrogen) atoms. The summed E-state index contributed by atoms with van der Waals surface area (Å²) in [4.78, 5) is 0. The van der Waals surface area contributed by atoms with Crippen molar-refractivity contribution in [3.8, 4) is 6.07 Å². The molecule has 0 saturated heterocycles. The fourth-order valence-electron chi connectivity index (χ4n) is 1.63. The maximum Gasteiger partial charge on any atom is 0.416 e. The van der Waals surface area contributed by atoms with Gasteiger partial charge in [-0.15, -0.1) is 0 Å². The van der Waals surface area contributed by atoms with Gasteiger partial charge in [0, 0.05) is 0 Å². The summed E-state index contributed by atoms with van der Waals surface area (Å²) < 4.78 is 51.6. The molecule has 0 radical (unpaired) electrons. The third-order valence-electron chi connectivity index (χ3n) is 2.66. The smallest absolute Gasteiger partial charge is 0.352 e. The molecule has 0 aliphatic rings. The van der Waals surface area contributed by atoms with E-state index in [-0.39, 0.29) is 22.0 Å². The number of benzene rings is 2. The Bertz CT molecular complexity index is 720. The summed E-state index contributed by atoms with van der Waals surface area (Å²) >= 11 is 5.80. The zero-order chi connectivity index (χ0) is 15.6. The van der Waals surface area contributed by atoms with E-state index in [2.05, 4.69) is 5.32 Å². The molecule has 0 atom stereocenters. The molecule has 7 heteroatoms. The average Bonchev–Trinajstić information content (AvgIpc) is 2.42. The quantitative estimate of drug-likeness (QED) is 0.782. The van der Waals surface area contributed by atoms with Crippen molar-refractivity contribution in [1.29, 1.82) is 5.26 Å². The van der Waals surface area contributed by atoms with E-state index in [1.54, 1.807) is 6.07 Å². The van der Waals surface area contributed by atoms with Crippen LogP contribution in [-0.2, 0) is 6.18 Å². The number of hydrogen-bond acceptors (Lipinski definition) is 2. The molecule has 0 aromatic heterocycles. The van der Waals surface area contributed by atoms with Crippen molar-refractivity contribution in [2.24, 2.45) is 0 Å². The molecule has 0 unspecified atom stereocenters. The van der Waals surface area contributed by atoms with E-state index in [4.69, 9.17) is 16.9 Å². The first kappa shape index (κ1) is 15.1. The highest BCUT2D eigenvalue weighted by molar-refractivity contribution is 6.33. The fourth-order valence-corrected chi connectivity index (χ4v) is 1.79. The number of hydrogen-bond donors (Lipinski definition) is 1. The number of anilines is 2. The Morgan fingerprint density at radius 3 is 2.33 bits per heavy atom. The molecule has 0 spiro atoms. The topological polar surface area (TPSA) is 35.8 Å². The second-order valence-corrected chi connectivity index (χ2v) is 4.53. The number of halogens is 5. The van der Waals surface area contributed by atoms with Crippen LogP contribution in [0.3, 0.4) is 0 Å². The lowest BCUT2D eigenvalue weighted by Crippen LogP contribution is -2.05. The maximum atomic E-state index is 13.7. The fraction of sp³-hybridized carbons (Fsp3) is 0.0714. The zero-order valence-electron chi connectivity index (χ0n) is 10.3. The van der Waals surface area contributed by atoms with Crippen LogP contribution in [-0.4, -0.2) is 0 Å². The molecule has 2 aromatic carbocycles. The summed E-state index contributed by atoms with van der Waals surface area (Å²) in [5, 5.41) is 11.1. The van der Waals surface area contributed by atoms with Crippen LogP contribution in [0.15, 0.2) is 36.4 Å².